The number of rotatable bonds is 5. The number of aromatic nitrogens is 5. The minimum absolute atomic E-state index is 0.135. The van der Waals surface area contributed by atoms with E-state index in [1.54, 1.807) is 18.2 Å². The fourth-order valence-electron chi connectivity index (χ4n) is 6.27. The van der Waals surface area contributed by atoms with Crippen molar-refractivity contribution in [2.24, 2.45) is 0 Å². The van der Waals surface area contributed by atoms with Crippen molar-refractivity contribution < 1.29 is 21.9 Å². The van der Waals surface area contributed by atoms with Gasteiger partial charge in [-0.05, 0) is 58.6 Å². The summed E-state index contributed by atoms with van der Waals surface area (Å²) in [6.07, 6.45) is 0. The highest BCUT2D eigenvalue weighted by Crippen LogP contribution is 2.35. The molecule has 7 aromatic carbocycles. The first kappa shape index (κ1) is 16.5. The number of benzene rings is 7. The number of hydrogen-bond acceptors (Lipinski definition) is 3. The van der Waals surface area contributed by atoms with Gasteiger partial charge in [0.2, 0.25) is 11.9 Å². The highest BCUT2D eigenvalue weighted by Gasteiger charge is 2.20. The first-order valence-corrected chi connectivity index (χ1v) is 15.5. The van der Waals surface area contributed by atoms with Crippen molar-refractivity contribution in [3.63, 3.8) is 0 Å². The number of fused-ring (bicyclic) bond motifs is 6. The molecule has 0 aliphatic heterocycles. The molecule has 10 rings (SSSR count). The summed E-state index contributed by atoms with van der Waals surface area (Å²) in [4.78, 5) is 14.4. The Balaban J connectivity index is 1.38. The number of hydrogen-bond donors (Lipinski definition) is 0. The maximum absolute atomic E-state index is 9.14. The zero-order valence-electron chi connectivity index (χ0n) is 41.7. The lowest BCUT2D eigenvalue weighted by Gasteiger charge is -2.13. The van der Waals surface area contributed by atoms with Crippen LogP contribution in [0.25, 0.3) is 89.2 Å². The molecule has 10 aromatic rings. The summed E-state index contributed by atoms with van der Waals surface area (Å²) >= 11 is 0. The average molecular weight is 656 g/mol. The van der Waals surface area contributed by atoms with E-state index in [-0.39, 0.29) is 49.4 Å². The maximum Gasteiger partial charge on any atom is 0.240 e. The summed E-state index contributed by atoms with van der Waals surface area (Å²) in [5.41, 5.74) is 2.48. The van der Waals surface area contributed by atoms with Crippen molar-refractivity contribution in [3.05, 3.63) is 176 Å². The molecule has 0 saturated carbocycles. The van der Waals surface area contributed by atoms with Crippen LogP contribution < -0.4 is 0 Å². The van der Waals surface area contributed by atoms with Gasteiger partial charge in [0.1, 0.15) is 0 Å². The van der Waals surface area contributed by atoms with Crippen molar-refractivity contribution in [3.8, 4) is 45.5 Å². The Morgan fingerprint density at radius 3 is 1.18 bits per heavy atom. The van der Waals surface area contributed by atoms with E-state index in [2.05, 4.69) is 0 Å². The summed E-state index contributed by atoms with van der Waals surface area (Å²) in [5.74, 6) is -1.05. The SMILES string of the molecule is [2H]c1c([2H])c([2H])c2c(c1[2H])c1c([2H])c([2H])c([2H])c([2H])c1n2-c1nc(-c2cccc(-c3cccc(-c4ccccc4)c3)c2)nc(-n2c3c([2H])c([2H])c([2H])c([2H])c3c3c([2H])c([2H])c([2H])c([2H])c32)n1. The predicted molar refractivity (Wildman–Crippen MR) is 205 cm³/mol. The molecule has 0 unspecified atom stereocenters. The van der Waals surface area contributed by atoms with Crippen molar-refractivity contribution >= 4 is 43.6 Å². The summed E-state index contributed by atoms with van der Waals surface area (Å²) < 4.78 is 143. The Morgan fingerprint density at radius 2 is 0.720 bits per heavy atom. The Hall–Kier alpha value is -6.85. The second-order valence-corrected chi connectivity index (χ2v) is 11.4. The Morgan fingerprint density at radius 1 is 0.360 bits per heavy atom. The second kappa shape index (κ2) is 11.4. The zero-order chi connectivity index (χ0) is 46.9. The molecule has 0 aliphatic rings. The molecule has 0 spiro atoms. The Labute approximate surface area is 310 Å². The van der Waals surface area contributed by atoms with E-state index in [1.165, 1.54) is 0 Å². The quantitative estimate of drug-likeness (QED) is 0.185. The van der Waals surface area contributed by atoms with Gasteiger partial charge in [0.05, 0.1) is 44.0 Å². The molecule has 0 amide bonds. The molecule has 234 valence electrons. The van der Waals surface area contributed by atoms with Crippen molar-refractivity contribution in [1.82, 2.24) is 24.1 Å². The normalized spacial score (nSPS) is 16.1. The molecule has 0 fully saturated rings. The fraction of sp³-hybridized carbons (Fsp3) is 0. The largest absolute Gasteiger partial charge is 0.278 e. The predicted octanol–water partition coefficient (Wildman–Crippen LogP) is 11.1. The Bertz CT molecular complexity index is 3460. The molecule has 0 atom stereocenters. The third-order valence-corrected chi connectivity index (χ3v) is 8.50. The van der Waals surface area contributed by atoms with Crippen LogP contribution in [0.15, 0.2) is 176 Å². The first-order valence-electron chi connectivity index (χ1n) is 23.5. The molecule has 3 heterocycles. The van der Waals surface area contributed by atoms with Gasteiger partial charge in [0, 0.05) is 27.1 Å². The van der Waals surface area contributed by atoms with Gasteiger partial charge in [-0.25, -0.2) is 0 Å². The molecule has 5 nitrogen and oxygen atoms in total. The third kappa shape index (κ3) is 4.52. The van der Waals surface area contributed by atoms with Crippen LogP contribution in [0.1, 0.15) is 21.9 Å². The van der Waals surface area contributed by atoms with Gasteiger partial charge >= 0.3 is 0 Å². The van der Waals surface area contributed by atoms with Crippen LogP contribution in [-0.2, 0) is 0 Å². The molecule has 0 N–H and O–H groups in total. The van der Waals surface area contributed by atoms with Gasteiger partial charge in [-0.3, -0.25) is 9.13 Å². The highest BCUT2D eigenvalue weighted by molar-refractivity contribution is 6.10. The molecule has 50 heavy (non-hydrogen) atoms. The van der Waals surface area contributed by atoms with Crippen molar-refractivity contribution in [1.29, 1.82) is 0 Å². The number of para-hydroxylation sites is 4. The van der Waals surface area contributed by atoms with E-state index >= 15 is 0 Å². The van der Waals surface area contributed by atoms with Crippen LogP contribution in [0.2, 0.25) is 0 Å². The van der Waals surface area contributed by atoms with Crippen molar-refractivity contribution in [2.45, 2.75) is 0 Å². The lowest BCUT2D eigenvalue weighted by atomic mass is 9.98. The molecule has 0 aliphatic carbocycles. The van der Waals surface area contributed by atoms with Gasteiger partial charge in [-0.1, -0.05) is 139 Å². The van der Waals surface area contributed by atoms with E-state index in [0.29, 0.717) is 11.1 Å². The smallest absolute Gasteiger partial charge is 0.240 e. The van der Waals surface area contributed by atoms with Crippen LogP contribution in [0.5, 0.6) is 0 Å². The molecule has 3 aromatic heterocycles. The Kier molecular flexibility index (Phi) is 3.76. The lowest BCUT2D eigenvalue weighted by molar-refractivity contribution is 0.893. The zero-order valence-corrected chi connectivity index (χ0v) is 25.7. The maximum atomic E-state index is 9.14. The molecule has 5 heteroatoms. The van der Waals surface area contributed by atoms with E-state index < -0.39 is 109 Å². The van der Waals surface area contributed by atoms with Gasteiger partial charge in [-0.15, -0.1) is 0 Å². The number of nitrogens with zero attached hydrogens (tertiary/aromatic N) is 5. The molecular weight excluding hydrogens is 611 g/mol. The third-order valence-electron chi connectivity index (χ3n) is 8.50. The van der Waals surface area contributed by atoms with Gasteiger partial charge in [-0.2, -0.15) is 15.0 Å². The fourth-order valence-corrected chi connectivity index (χ4v) is 6.27. The summed E-state index contributed by atoms with van der Waals surface area (Å²) in [7, 11) is 0. The highest BCUT2D eigenvalue weighted by atomic mass is 15.3. The van der Waals surface area contributed by atoms with Crippen LogP contribution in [0.3, 0.4) is 0 Å². The monoisotopic (exact) mass is 655 g/mol. The summed E-state index contributed by atoms with van der Waals surface area (Å²) in [6, 6.07) is 14.1. The van der Waals surface area contributed by atoms with Crippen LogP contribution in [-0.4, -0.2) is 24.1 Å². The van der Waals surface area contributed by atoms with Crippen molar-refractivity contribution in [2.75, 3.05) is 0 Å². The van der Waals surface area contributed by atoms with E-state index in [0.717, 1.165) is 25.8 Å². The minimum atomic E-state index is -0.693. The lowest BCUT2D eigenvalue weighted by Crippen LogP contribution is -2.10. The topological polar surface area (TPSA) is 48.5 Å². The molecule has 0 bridgehead atoms. The molecule has 0 saturated heterocycles. The minimum Gasteiger partial charge on any atom is -0.278 e. The van der Waals surface area contributed by atoms with Crippen LogP contribution in [0.4, 0.5) is 0 Å². The first-order chi connectivity index (χ1) is 31.4. The van der Waals surface area contributed by atoms with E-state index in [4.69, 9.17) is 36.9 Å². The standard InChI is InChI=1S/C45H29N5/c1-2-14-30(15-3-1)31-16-12-17-32(28-31)33-18-13-19-34(29-33)43-46-44(49-39-24-8-4-20-35(39)36-21-5-9-25-40(36)49)48-45(47-43)50-41-26-10-6-22-37(41)38-23-7-11-27-42(38)50/h1-29H/i4D,5D,6D,7D,8D,9D,10D,11D,20D,21D,22D,23D,24D,25D,26D,27D. The average Bonchev–Trinajstić information content (AvgIpc) is 3.89. The van der Waals surface area contributed by atoms with Gasteiger partial charge < -0.3 is 0 Å². The van der Waals surface area contributed by atoms with E-state index in [9.17, 15) is 0 Å². The van der Waals surface area contributed by atoms with Crippen LogP contribution >= 0.6 is 0 Å². The summed E-state index contributed by atoms with van der Waals surface area (Å²) in [5, 5.41) is -1.03. The van der Waals surface area contributed by atoms with Gasteiger partial charge in [0.25, 0.3) is 0 Å². The van der Waals surface area contributed by atoms with Gasteiger partial charge in [0.15, 0.2) is 5.82 Å². The van der Waals surface area contributed by atoms with E-state index in [1.807, 2.05) is 60.7 Å². The molecular formula is C45H29N5. The second-order valence-electron chi connectivity index (χ2n) is 11.4. The summed E-state index contributed by atoms with van der Waals surface area (Å²) in [6.45, 7) is 0. The molecule has 0 radical (unpaired) electrons. The van der Waals surface area contributed by atoms with Crippen LogP contribution in [0, 0.1) is 0 Å².